The number of carboxylic acids is 5. The Labute approximate surface area is 139 Å². The van der Waals surface area contributed by atoms with Crippen LogP contribution in [-0.4, -0.2) is 61.4 Å². The fourth-order valence-corrected chi connectivity index (χ4v) is 0.285. The molecule has 144 valence electrons. The van der Waals surface area contributed by atoms with Crippen LogP contribution in [0.3, 0.4) is 0 Å². The first-order valence-electron chi connectivity index (χ1n) is 6.25. The third kappa shape index (κ3) is 230. The van der Waals surface area contributed by atoms with Gasteiger partial charge in [-0.15, -0.1) is 0 Å². The Hall–Kier alpha value is -2.69. The summed E-state index contributed by atoms with van der Waals surface area (Å²) >= 11 is 0. The molecular formula is C13H27NO10. The first-order valence-corrected chi connectivity index (χ1v) is 6.25. The number of aliphatic carboxylic acids is 5. The van der Waals surface area contributed by atoms with Gasteiger partial charge in [-0.3, -0.25) is 24.0 Å². The maximum Gasteiger partial charge on any atom is 0.320 e. The number of carbonyl (C=O) groups is 5. The van der Waals surface area contributed by atoms with Crippen molar-refractivity contribution in [3.05, 3.63) is 0 Å². The van der Waals surface area contributed by atoms with Gasteiger partial charge in [0, 0.05) is 27.7 Å². The van der Waals surface area contributed by atoms with Gasteiger partial charge in [0.25, 0.3) is 23.9 Å². The van der Waals surface area contributed by atoms with Crippen molar-refractivity contribution in [2.24, 2.45) is 11.7 Å². The van der Waals surface area contributed by atoms with Crippen molar-refractivity contribution in [2.75, 3.05) is 0 Å². The summed E-state index contributed by atoms with van der Waals surface area (Å²) in [5, 5.41) is 37.9. The van der Waals surface area contributed by atoms with Gasteiger partial charge in [0.1, 0.15) is 6.04 Å². The fraction of sp³-hybridized carbons (Fsp3) is 0.615. The fourth-order valence-electron chi connectivity index (χ4n) is 0.285. The Morgan fingerprint density at radius 2 is 0.750 bits per heavy atom. The van der Waals surface area contributed by atoms with Crippen LogP contribution in [0.1, 0.15) is 41.5 Å². The van der Waals surface area contributed by atoms with Gasteiger partial charge in [0.05, 0.1) is 0 Å². The minimum Gasteiger partial charge on any atom is -0.481 e. The van der Waals surface area contributed by atoms with Gasteiger partial charge < -0.3 is 31.3 Å². The Bertz CT molecular complexity index is 315. The molecule has 0 aromatic rings. The predicted molar refractivity (Wildman–Crippen MR) is 83.7 cm³/mol. The molecule has 0 aliphatic rings. The van der Waals surface area contributed by atoms with E-state index in [1.165, 1.54) is 0 Å². The number of rotatable bonds is 2. The lowest BCUT2D eigenvalue weighted by Gasteiger charge is -2.07. The van der Waals surface area contributed by atoms with Gasteiger partial charge in [-0.05, 0) is 5.92 Å². The smallest absolute Gasteiger partial charge is 0.320 e. The molecule has 0 spiro atoms. The number of hydrogen-bond acceptors (Lipinski definition) is 6. The van der Waals surface area contributed by atoms with E-state index in [1.54, 1.807) is 13.8 Å². The molecule has 0 rings (SSSR count). The van der Waals surface area contributed by atoms with Crippen LogP contribution in [0.2, 0.25) is 0 Å². The van der Waals surface area contributed by atoms with Crippen molar-refractivity contribution >= 4 is 29.8 Å². The van der Waals surface area contributed by atoms with Gasteiger partial charge in [-0.25, -0.2) is 0 Å². The molecule has 0 aliphatic heterocycles. The van der Waals surface area contributed by atoms with E-state index in [1.807, 2.05) is 0 Å². The molecule has 0 aliphatic carbocycles. The molecular weight excluding hydrogens is 330 g/mol. The highest BCUT2D eigenvalue weighted by molar-refractivity contribution is 5.73. The summed E-state index contributed by atoms with van der Waals surface area (Å²) in [6, 6.07) is -0.713. The second-order valence-electron chi connectivity index (χ2n) is 4.18. The van der Waals surface area contributed by atoms with E-state index in [0.29, 0.717) is 0 Å². The van der Waals surface area contributed by atoms with Crippen molar-refractivity contribution < 1.29 is 49.5 Å². The van der Waals surface area contributed by atoms with E-state index in [-0.39, 0.29) is 5.92 Å². The summed E-state index contributed by atoms with van der Waals surface area (Å²) in [7, 11) is 0. The Kier molecular flexibility index (Phi) is 31.1. The third-order valence-electron chi connectivity index (χ3n) is 1.00. The zero-order valence-electron chi connectivity index (χ0n) is 14.5. The maximum atomic E-state index is 10.0. The molecule has 0 unspecified atom stereocenters. The van der Waals surface area contributed by atoms with E-state index < -0.39 is 35.9 Å². The highest BCUT2D eigenvalue weighted by Crippen LogP contribution is 1.96. The van der Waals surface area contributed by atoms with Gasteiger partial charge in [0.15, 0.2) is 0 Å². The van der Waals surface area contributed by atoms with Gasteiger partial charge in [0.2, 0.25) is 0 Å². The normalized spacial score (nSPS) is 8.83. The lowest BCUT2D eigenvalue weighted by Crippen LogP contribution is -2.34. The SMILES string of the molecule is CC(=O)O.CC(=O)O.CC(=O)O.CC(=O)O.CC(C)[C@H](N)C(=O)O. The molecule has 0 fully saturated rings. The molecule has 0 amide bonds. The molecule has 0 saturated heterocycles. The van der Waals surface area contributed by atoms with Crippen LogP contribution in [0.15, 0.2) is 0 Å². The molecule has 24 heavy (non-hydrogen) atoms. The first kappa shape index (κ1) is 33.0. The van der Waals surface area contributed by atoms with Crippen molar-refractivity contribution in [3.8, 4) is 0 Å². The molecule has 0 aromatic heterocycles. The number of carboxylic acid groups (broad SMARTS) is 5. The molecule has 0 saturated carbocycles. The summed E-state index contributed by atoms with van der Waals surface area (Å²) in [6.07, 6.45) is 0. The monoisotopic (exact) mass is 357 g/mol. The highest BCUT2D eigenvalue weighted by atomic mass is 16.4. The lowest BCUT2D eigenvalue weighted by atomic mass is 10.1. The topological polar surface area (TPSA) is 213 Å². The largest absolute Gasteiger partial charge is 0.481 e. The lowest BCUT2D eigenvalue weighted by molar-refractivity contribution is -0.140. The van der Waals surface area contributed by atoms with E-state index in [0.717, 1.165) is 27.7 Å². The predicted octanol–water partition coefficient (Wildman–Crippen LogP) is 0.418. The van der Waals surface area contributed by atoms with Crippen molar-refractivity contribution in [2.45, 2.75) is 47.6 Å². The first-order chi connectivity index (χ1) is 10.5. The molecule has 11 nitrogen and oxygen atoms in total. The summed E-state index contributed by atoms with van der Waals surface area (Å²) in [4.78, 5) is 46.0. The van der Waals surface area contributed by atoms with Crippen molar-refractivity contribution in [3.63, 3.8) is 0 Å². The molecule has 7 N–H and O–H groups in total. The molecule has 0 radical (unpaired) electrons. The van der Waals surface area contributed by atoms with Gasteiger partial charge >= 0.3 is 5.97 Å². The van der Waals surface area contributed by atoms with Crippen molar-refractivity contribution in [1.82, 2.24) is 0 Å². The molecule has 1 atom stereocenters. The number of nitrogens with two attached hydrogens (primary N) is 1. The van der Waals surface area contributed by atoms with Gasteiger partial charge in [-0.2, -0.15) is 0 Å². The van der Waals surface area contributed by atoms with Crippen LogP contribution < -0.4 is 5.73 Å². The standard InChI is InChI=1S/C5H11NO2.4C2H4O2/c1-3(2)4(6)5(7)8;4*1-2(3)4/h3-4H,6H2,1-2H3,(H,7,8);4*1H3,(H,3,4)/t4-;;;;/m0..../s1. The summed E-state index contributed by atoms with van der Waals surface area (Å²) in [5.41, 5.74) is 5.16. The van der Waals surface area contributed by atoms with Crippen LogP contribution >= 0.6 is 0 Å². The van der Waals surface area contributed by atoms with Crippen LogP contribution in [-0.2, 0) is 24.0 Å². The molecule has 0 aromatic carbocycles. The molecule has 11 heteroatoms. The van der Waals surface area contributed by atoms with Crippen LogP contribution in [0.25, 0.3) is 0 Å². The second kappa shape index (κ2) is 22.6. The minimum absolute atomic E-state index is 0.0208. The minimum atomic E-state index is -0.931. The summed E-state index contributed by atoms with van der Waals surface area (Å²) in [5.74, 6) is -4.24. The highest BCUT2D eigenvalue weighted by Gasteiger charge is 2.14. The van der Waals surface area contributed by atoms with Crippen molar-refractivity contribution in [1.29, 1.82) is 0 Å². The van der Waals surface area contributed by atoms with Crippen LogP contribution in [0.5, 0.6) is 0 Å². The Morgan fingerprint density at radius 1 is 0.625 bits per heavy atom. The zero-order valence-corrected chi connectivity index (χ0v) is 14.5. The van der Waals surface area contributed by atoms with E-state index in [9.17, 15) is 4.79 Å². The van der Waals surface area contributed by atoms with Crippen LogP contribution in [0.4, 0.5) is 0 Å². The maximum absolute atomic E-state index is 10.0. The number of hydrogen-bond donors (Lipinski definition) is 6. The van der Waals surface area contributed by atoms with Gasteiger partial charge in [-0.1, -0.05) is 13.8 Å². The molecule has 0 heterocycles. The van der Waals surface area contributed by atoms with E-state index in [2.05, 4.69) is 0 Å². The van der Waals surface area contributed by atoms with E-state index >= 15 is 0 Å². The zero-order chi connectivity index (χ0) is 21.0. The third-order valence-corrected chi connectivity index (χ3v) is 1.00. The van der Waals surface area contributed by atoms with Crippen LogP contribution in [0, 0.1) is 5.92 Å². The summed E-state index contributed by atoms with van der Waals surface area (Å²) in [6.45, 7) is 7.89. The average Bonchev–Trinajstić information content (AvgIpc) is 2.24. The summed E-state index contributed by atoms with van der Waals surface area (Å²) < 4.78 is 0. The molecule has 0 bridgehead atoms. The second-order valence-corrected chi connectivity index (χ2v) is 4.18. The Morgan fingerprint density at radius 3 is 0.750 bits per heavy atom. The average molecular weight is 357 g/mol. The quantitative estimate of drug-likeness (QED) is 0.398. The Balaban J connectivity index is -0.0000000657. The van der Waals surface area contributed by atoms with E-state index in [4.69, 9.17) is 50.4 Å².